The highest BCUT2D eigenvalue weighted by Gasteiger charge is 2.68. The summed E-state index contributed by atoms with van der Waals surface area (Å²) >= 11 is 13.4. The highest BCUT2D eigenvalue weighted by atomic mass is 35.5. The number of halogens is 2. The Hall–Kier alpha value is -1.04. The van der Waals surface area contributed by atoms with Crippen LogP contribution in [0.5, 0.6) is 5.75 Å². The summed E-state index contributed by atoms with van der Waals surface area (Å²) in [4.78, 5) is 16.6. The first-order valence-corrected chi connectivity index (χ1v) is 8.16. The first kappa shape index (κ1) is 14.9. The average molecular weight is 345 g/mol. The van der Waals surface area contributed by atoms with Crippen LogP contribution in [0.2, 0.25) is 0 Å². The molecule has 2 aromatic rings. The lowest BCUT2D eigenvalue weighted by atomic mass is 10.1. The van der Waals surface area contributed by atoms with Gasteiger partial charge in [0.15, 0.2) is 5.13 Å². The molecule has 1 aliphatic rings. The molecule has 0 spiro atoms. The number of amides is 1. The lowest BCUT2D eigenvalue weighted by Crippen LogP contribution is -2.25. The molecule has 7 heteroatoms. The second kappa shape index (κ2) is 5.00. The van der Waals surface area contributed by atoms with Crippen molar-refractivity contribution < 1.29 is 9.53 Å². The first-order valence-electron chi connectivity index (χ1n) is 6.58. The molecule has 1 aliphatic carbocycles. The highest BCUT2D eigenvalue weighted by molar-refractivity contribution is 7.22. The number of alkyl halides is 2. The van der Waals surface area contributed by atoms with E-state index in [1.54, 1.807) is 6.92 Å². The van der Waals surface area contributed by atoms with E-state index in [1.807, 2.05) is 25.1 Å². The van der Waals surface area contributed by atoms with E-state index in [-0.39, 0.29) is 5.91 Å². The molecule has 1 atom stereocenters. The van der Waals surface area contributed by atoms with Gasteiger partial charge in [-0.2, -0.15) is 0 Å². The van der Waals surface area contributed by atoms with Crippen molar-refractivity contribution in [3.05, 3.63) is 18.2 Å². The van der Waals surface area contributed by atoms with E-state index < -0.39 is 9.75 Å². The number of anilines is 1. The number of nitrogens with one attached hydrogen (secondary N) is 1. The summed E-state index contributed by atoms with van der Waals surface area (Å²) < 4.78 is 5.43. The van der Waals surface area contributed by atoms with Gasteiger partial charge < -0.3 is 10.1 Å². The standard InChI is InChI=1S/C14H14Cl2N2O2S/c1-3-20-8-4-5-9-10(6-8)21-12(17-9)18-11(19)13(2)7-14(13,15)16/h4-6H,3,7H2,1-2H3,(H,17,18,19). The summed E-state index contributed by atoms with van der Waals surface area (Å²) in [7, 11) is 0. The average Bonchev–Trinajstić information content (AvgIpc) is 2.77. The summed E-state index contributed by atoms with van der Waals surface area (Å²) in [6, 6.07) is 5.65. The van der Waals surface area contributed by atoms with Crippen molar-refractivity contribution in [3.63, 3.8) is 0 Å². The molecule has 4 nitrogen and oxygen atoms in total. The first-order chi connectivity index (χ1) is 9.85. The third-order valence-corrected chi connectivity index (χ3v) is 5.69. The Labute approximate surface area is 136 Å². The van der Waals surface area contributed by atoms with Crippen molar-refractivity contribution in [1.29, 1.82) is 0 Å². The Bertz CT molecular complexity index is 716. The Kier molecular flexibility index (Phi) is 3.55. The molecule has 1 fully saturated rings. The molecule has 112 valence electrons. The lowest BCUT2D eigenvalue weighted by Gasteiger charge is -2.10. The maximum atomic E-state index is 12.2. The van der Waals surface area contributed by atoms with Gasteiger partial charge >= 0.3 is 0 Å². The van der Waals surface area contributed by atoms with Crippen LogP contribution in [0.15, 0.2) is 18.2 Å². The normalized spacial score (nSPS) is 23.0. The van der Waals surface area contributed by atoms with E-state index in [2.05, 4.69) is 10.3 Å². The van der Waals surface area contributed by atoms with Crippen LogP contribution >= 0.6 is 34.5 Å². The van der Waals surface area contributed by atoms with Crippen molar-refractivity contribution in [2.75, 3.05) is 11.9 Å². The summed E-state index contributed by atoms with van der Waals surface area (Å²) in [5.41, 5.74) is 0.0764. The van der Waals surface area contributed by atoms with Crippen LogP contribution in [0.25, 0.3) is 10.2 Å². The Morgan fingerprint density at radius 3 is 2.86 bits per heavy atom. The quantitative estimate of drug-likeness (QED) is 0.845. The molecular formula is C14H14Cl2N2O2S. The second-order valence-electron chi connectivity index (χ2n) is 5.25. The van der Waals surface area contributed by atoms with Gasteiger partial charge in [-0.3, -0.25) is 4.79 Å². The van der Waals surface area contributed by atoms with Crippen LogP contribution in [-0.4, -0.2) is 21.8 Å². The van der Waals surface area contributed by atoms with Crippen molar-refractivity contribution >= 4 is 55.8 Å². The van der Waals surface area contributed by atoms with Crippen LogP contribution in [-0.2, 0) is 4.79 Å². The van der Waals surface area contributed by atoms with Gasteiger partial charge in [0.1, 0.15) is 10.1 Å². The number of hydrogen-bond acceptors (Lipinski definition) is 4. The van der Waals surface area contributed by atoms with Crippen molar-refractivity contribution in [2.24, 2.45) is 5.41 Å². The summed E-state index contributed by atoms with van der Waals surface area (Å²) in [5.74, 6) is 0.595. The van der Waals surface area contributed by atoms with E-state index in [0.29, 0.717) is 18.2 Å². The summed E-state index contributed by atoms with van der Waals surface area (Å²) in [6.07, 6.45) is 0.453. The van der Waals surface area contributed by atoms with Gasteiger partial charge in [0.05, 0.1) is 22.2 Å². The molecule has 0 saturated heterocycles. The maximum Gasteiger partial charge on any atom is 0.235 e. The smallest absolute Gasteiger partial charge is 0.235 e. The number of hydrogen-bond donors (Lipinski definition) is 1. The Morgan fingerprint density at radius 2 is 2.24 bits per heavy atom. The van der Waals surface area contributed by atoms with Gasteiger partial charge in [0, 0.05) is 0 Å². The van der Waals surface area contributed by atoms with Gasteiger partial charge in [0.2, 0.25) is 5.91 Å². The van der Waals surface area contributed by atoms with E-state index in [1.165, 1.54) is 11.3 Å². The molecule has 0 radical (unpaired) electrons. The second-order valence-corrected chi connectivity index (χ2v) is 7.76. The Morgan fingerprint density at radius 1 is 1.52 bits per heavy atom. The molecule has 1 amide bonds. The van der Waals surface area contributed by atoms with Crippen molar-refractivity contribution in [3.8, 4) is 5.75 Å². The predicted octanol–water partition coefficient (Wildman–Crippen LogP) is 4.22. The van der Waals surface area contributed by atoms with Crippen LogP contribution in [0.1, 0.15) is 20.3 Å². The molecule has 0 aliphatic heterocycles. The number of benzene rings is 1. The molecule has 1 saturated carbocycles. The number of rotatable bonds is 4. The van der Waals surface area contributed by atoms with Crippen molar-refractivity contribution in [2.45, 2.75) is 24.6 Å². The van der Waals surface area contributed by atoms with Crippen LogP contribution in [0, 0.1) is 5.41 Å². The van der Waals surface area contributed by atoms with E-state index in [4.69, 9.17) is 27.9 Å². The SMILES string of the molecule is CCOc1ccc2nc(NC(=O)C3(C)CC3(Cl)Cl)sc2c1. The minimum absolute atomic E-state index is 0.198. The fourth-order valence-corrected chi connectivity index (χ4v) is 3.69. The maximum absolute atomic E-state index is 12.2. The molecule has 1 aromatic carbocycles. The summed E-state index contributed by atoms with van der Waals surface area (Å²) in [6.45, 7) is 4.30. The molecule has 21 heavy (non-hydrogen) atoms. The minimum atomic E-state index is -0.976. The van der Waals surface area contributed by atoms with Gasteiger partial charge in [-0.15, -0.1) is 23.2 Å². The molecule has 1 unspecified atom stereocenters. The van der Waals surface area contributed by atoms with Crippen molar-refractivity contribution in [1.82, 2.24) is 4.98 Å². The third kappa shape index (κ3) is 2.58. The fraction of sp³-hybridized carbons (Fsp3) is 0.429. The topological polar surface area (TPSA) is 51.2 Å². The molecule has 1 aromatic heterocycles. The van der Waals surface area contributed by atoms with Crippen LogP contribution in [0.4, 0.5) is 5.13 Å². The minimum Gasteiger partial charge on any atom is -0.494 e. The van der Waals surface area contributed by atoms with Crippen LogP contribution in [0.3, 0.4) is 0 Å². The molecule has 0 bridgehead atoms. The number of nitrogens with zero attached hydrogens (tertiary/aromatic N) is 1. The lowest BCUT2D eigenvalue weighted by molar-refractivity contribution is -0.120. The highest BCUT2D eigenvalue weighted by Crippen LogP contribution is 2.64. The fourth-order valence-electron chi connectivity index (χ4n) is 2.10. The number of aromatic nitrogens is 1. The number of thiazole rings is 1. The molecule has 3 rings (SSSR count). The van der Waals surface area contributed by atoms with Crippen LogP contribution < -0.4 is 10.1 Å². The summed E-state index contributed by atoms with van der Waals surface area (Å²) in [5, 5.41) is 3.34. The van der Waals surface area contributed by atoms with Gasteiger partial charge in [-0.05, 0) is 38.5 Å². The molecule has 1 N–H and O–H groups in total. The van der Waals surface area contributed by atoms with E-state index in [9.17, 15) is 4.79 Å². The number of fused-ring (bicyclic) bond motifs is 1. The zero-order valence-corrected chi connectivity index (χ0v) is 13.9. The van der Waals surface area contributed by atoms with Gasteiger partial charge in [-0.25, -0.2) is 4.98 Å². The van der Waals surface area contributed by atoms with E-state index >= 15 is 0 Å². The van der Waals surface area contributed by atoms with Gasteiger partial charge in [-0.1, -0.05) is 11.3 Å². The molecule has 1 heterocycles. The largest absolute Gasteiger partial charge is 0.494 e. The van der Waals surface area contributed by atoms with Gasteiger partial charge in [0.25, 0.3) is 0 Å². The zero-order chi connectivity index (χ0) is 15.3. The number of carbonyl (C=O) groups excluding carboxylic acids is 1. The number of ether oxygens (including phenoxy) is 1. The zero-order valence-electron chi connectivity index (χ0n) is 11.6. The third-order valence-electron chi connectivity index (χ3n) is 3.65. The monoisotopic (exact) mass is 344 g/mol. The van der Waals surface area contributed by atoms with E-state index in [0.717, 1.165) is 16.0 Å². The molecular weight excluding hydrogens is 331 g/mol. The number of carbonyl (C=O) groups is 1. The predicted molar refractivity (Wildman–Crippen MR) is 86.6 cm³/mol. The Balaban J connectivity index is 1.80.